The highest BCUT2D eigenvalue weighted by atomic mass is 32.2. The maximum absolute atomic E-state index is 12.4. The van der Waals surface area contributed by atoms with Gasteiger partial charge in [-0.25, -0.2) is 8.42 Å². The van der Waals surface area contributed by atoms with Crippen LogP contribution in [0.2, 0.25) is 0 Å². The van der Waals surface area contributed by atoms with E-state index in [-0.39, 0.29) is 17.2 Å². The van der Waals surface area contributed by atoms with Crippen LogP contribution < -0.4 is 5.32 Å². The zero-order chi connectivity index (χ0) is 16.4. The topological polar surface area (TPSA) is 66.4 Å². The van der Waals surface area contributed by atoms with Gasteiger partial charge < -0.3 is 5.11 Å². The minimum atomic E-state index is -4.39. The zero-order valence-electron chi connectivity index (χ0n) is 11.3. The van der Waals surface area contributed by atoms with Gasteiger partial charge in [-0.2, -0.15) is 13.2 Å². The highest BCUT2D eigenvalue weighted by Gasteiger charge is 2.30. The van der Waals surface area contributed by atoms with E-state index in [2.05, 4.69) is 5.32 Å². The molecule has 0 aliphatic carbocycles. The quantitative estimate of drug-likeness (QED) is 0.868. The fourth-order valence-corrected chi connectivity index (χ4v) is 3.28. The molecule has 22 heavy (non-hydrogen) atoms. The number of sulfone groups is 1. The highest BCUT2D eigenvalue weighted by molar-refractivity contribution is 7.95. The van der Waals surface area contributed by atoms with Crippen molar-refractivity contribution < 1.29 is 26.7 Å². The molecule has 1 aliphatic heterocycles. The van der Waals surface area contributed by atoms with Crippen LogP contribution in [0, 0.1) is 0 Å². The number of rotatable bonds is 2. The second-order valence-electron chi connectivity index (χ2n) is 4.72. The lowest BCUT2D eigenvalue weighted by Gasteiger charge is -2.21. The van der Waals surface area contributed by atoms with Gasteiger partial charge in [0.25, 0.3) is 0 Å². The van der Waals surface area contributed by atoms with Crippen molar-refractivity contribution in [2.75, 3.05) is 12.3 Å². The van der Waals surface area contributed by atoms with Crippen LogP contribution in [0.15, 0.2) is 41.3 Å². The number of aliphatic hydroxyl groups is 1. The lowest BCUT2D eigenvalue weighted by Crippen LogP contribution is -2.43. The van der Waals surface area contributed by atoms with Crippen LogP contribution in [0.4, 0.5) is 13.2 Å². The largest absolute Gasteiger partial charge is 0.416 e. The summed E-state index contributed by atoms with van der Waals surface area (Å²) in [4.78, 5) is -0.151. The van der Waals surface area contributed by atoms with E-state index in [1.807, 2.05) is 0 Å². The summed E-state index contributed by atoms with van der Waals surface area (Å²) in [5.41, 5.74) is -0.266. The fraction of sp³-hybridized carbons (Fsp3) is 0.286. The van der Waals surface area contributed by atoms with Gasteiger partial charge in [-0.1, -0.05) is 24.3 Å². The first-order valence-corrected chi connectivity index (χ1v) is 8.05. The van der Waals surface area contributed by atoms with Gasteiger partial charge in [-0.05, 0) is 23.8 Å². The molecule has 120 valence electrons. The van der Waals surface area contributed by atoms with Crippen molar-refractivity contribution >= 4 is 15.9 Å². The zero-order valence-corrected chi connectivity index (χ0v) is 12.2. The van der Waals surface area contributed by atoms with E-state index in [9.17, 15) is 26.7 Å². The molecule has 1 aliphatic rings. The molecule has 0 radical (unpaired) electrons. The number of allylic oxidation sites excluding steroid dienone is 2. The van der Waals surface area contributed by atoms with Crippen molar-refractivity contribution in [3.05, 3.63) is 52.4 Å². The molecule has 0 aromatic heterocycles. The van der Waals surface area contributed by atoms with E-state index in [1.165, 1.54) is 30.4 Å². The van der Waals surface area contributed by atoms with Gasteiger partial charge in [0.05, 0.1) is 16.2 Å². The van der Waals surface area contributed by atoms with Crippen LogP contribution in [-0.2, 0) is 16.0 Å². The lowest BCUT2D eigenvalue weighted by molar-refractivity contribution is -0.137. The second-order valence-corrected chi connectivity index (χ2v) is 6.83. The van der Waals surface area contributed by atoms with Crippen LogP contribution in [0.1, 0.15) is 11.1 Å². The summed E-state index contributed by atoms with van der Waals surface area (Å²) < 4.78 is 60.8. The van der Waals surface area contributed by atoms with Gasteiger partial charge in [-0.15, -0.1) is 0 Å². The van der Waals surface area contributed by atoms with Crippen LogP contribution in [0.3, 0.4) is 0 Å². The summed E-state index contributed by atoms with van der Waals surface area (Å²) in [5.74, 6) is -0.107. The molecule has 1 aromatic rings. The van der Waals surface area contributed by atoms with Gasteiger partial charge in [-0.3, -0.25) is 5.32 Å². The highest BCUT2D eigenvalue weighted by Crippen LogP contribution is 2.29. The smallest absolute Gasteiger partial charge is 0.374 e. The van der Waals surface area contributed by atoms with E-state index >= 15 is 0 Å². The third-order valence-corrected chi connectivity index (χ3v) is 4.94. The Morgan fingerprint density at radius 2 is 1.86 bits per heavy atom. The van der Waals surface area contributed by atoms with Crippen LogP contribution >= 0.6 is 0 Å². The van der Waals surface area contributed by atoms with E-state index in [4.69, 9.17) is 0 Å². The van der Waals surface area contributed by atoms with E-state index in [0.717, 1.165) is 12.1 Å². The fourth-order valence-electron chi connectivity index (χ4n) is 1.95. The first-order chi connectivity index (χ1) is 10.2. The Kier molecular flexibility index (Phi) is 4.74. The van der Waals surface area contributed by atoms with Gasteiger partial charge in [0.15, 0.2) is 9.84 Å². The van der Waals surface area contributed by atoms with Crippen molar-refractivity contribution in [3.63, 3.8) is 0 Å². The molecule has 0 spiro atoms. The van der Waals surface area contributed by atoms with Gasteiger partial charge in [0, 0.05) is 6.54 Å². The molecule has 0 saturated carbocycles. The minimum Gasteiger partial charge on any atom is -0.374 e. The Hall–Kier alpha value is -1.64. The third-order valence-electron chi connectivity index (χ3n) is 3.12. The molecule has 1 fully saturated rings. The average Bonchev–Trinajstić information content (AvgIpc) is 2.41. The summed E-state index contributed by atoms with van der Waals surface area (Å²) in [5, 5.41) is 12.2. The van der Waals surface area contributed by atoms with Crippen molar-refractivity contribution in [1.29, 1.82) is 0 Å². The minimum absolute atomic E-state index is 0.107. The van der Waals surface area contributed by atoms with Crippen molar-refractivity contribution in [1.82, 2.24) is 5.32 Å². The van der Waals surface area contributed by atoms with Gasteiger partial charge >= 0.3 is 6.18 Å². The summed E-state index contributed by atoms with van der Waals surface area (Å²) in [6.45, 7) is 0.170. The van der Waals surface area contributed by atoms with Crippen LogP contribution in [-0.4, -0.2) is 32.0 Å². The molecular weight excluding hydrogens is 319 g/mol. The number of halogens is 3. The number of hydrogen-bond donors (Lipinski definition) is 2. The molecule has 1 saturated heterocycles. The van der Waals surface area contributed by atoms with E-state index < -0.39 is 27.8 Å². The first kappa shape index (κ1) is 16.7. The molecule has 8 heteroatoms. The summed E-state index contributed by atoms with van der Waals surface area (Å²) in [6, 6.07) is 4.45. The second kappa shape index (κ2) is 6.23. The number of nitrogens with one attached hydrogen (secondary N) is 1. The number of alkyl halides is 3. The van der Waals surface area contributed by atoms with Crippen molar-refractivity contribution in [3.8, 4) is 0 Å². The molecule has 0 amide bonds. The van der Waals surface area contributed by atoms with Gasteiger partial charge in [0.1, 0.15) is 6.23 Å². The lowest BCUT2D eigenvalue weighted by atomic mass is 10.1. The Morgan fingerprint density at radius 3 is 2.41 bits per heavy atom. The Morgan fingerprint density at radius 1 is 1.23 bits per heavy atom. The van der Waals surface area contributed by atoms with Gasteiger partial charge in [0.2, 0.25) is 0 Å². The Balaban J connectivity index is 2.16. The Labute approximate surface area is 125 Å². The van der Waals surface area contributed by atoms with Crippen LogP contribution in [0.5, 0.6) is 0 Å². The van der Waals surface area contributed by atoms with E-state index in [0.29, 0.717) is 5.56 Å². The summed E-state index contributed by atoms with van der Waals surface area (Å²) in [6.07, 6.45) is -1.58. The van der Waals surface area contributed by atoms with Crippen LogP contribution in [0.25, 0.3) is 6.08 Å². The molecule has 4 nitrogen and oxygen atoms in total. The number of hydrogen-bond acceptors (Lipinski definition) is 4. The predicted octanol–water partition coefficient (Wildman–Crippen LogP) is 1.94. The number of aliphatic hydroxyl groups excluding tert-OH is 1. The molecule has 1 atom stereocenters. The predicted molar refractivity (Wildman–Crippen MR) is 76.4 cm³/mol. The third kappa shape index (κ3) is 3.96. The molecule has 2 N–H and O–H groups in total. The molecule has 1 aromatic carbocycles. The van der Waals surface area contributed by atoms with Crippen molar-refractivity contribution in [2.24, 2.45) is 0 Å². The monoisotopic (exact) mass is 333 g/mol. The normalized spacial score (nSPS) is 24.0. The summed E-state index contributed by atoms with van der Waals surface area (Å²) >= 11 is 0. The molecule has 0 bridgehead atoms. The maximum Gasteiger partial charge on any atom is 0.416 e. The van der Waals surface area contributed by atoms with Crippen molar-refractivity contribution in [2.45, 2.75) is 12.4 Å². The molecule has 1 unspecified atom stereocenters. The van der Waals surface area contributed by atoms with E-state index in [1.54, 1.807) is 0 Å². The average molecular weight is 333 g/mol. The SMILES string of the molecule is O=S1(=O)CCNC(O)/C1=C\C=C\c1ccc(C(F)(F)F)cc1. The first-order valence-electron chi connectivity index (χ1n) is 6.40. The number of benzene rings is 1. The summed E-state index contributed by atoms with van der Waals surface area (Å²) in [7, 11) is -3.50. The Bertz CT molecular complexity index is 691. The molecule has 1 heterocycles. The molecule has 2 rings (SSSR count). The standard InChI is InChI=1S/C14H14F3NO3S/c15-14(16,17)11-6-4-10(5-7-11)2-1-3-12-13(19)18-8-9-22(12,20)21/h1-7,13,18-19H,8-9H2/b2-1+,12-3+. The molecular formula is C14H14F3NO3S. The maximum atomic E-state index is 12.4.